The number of rotatable bonds is 5. The molecule has 1 aromatic heterocycles. The second kappa shape index (κ2) is 6.02. The zero-order valence-electron chi connectivity index (χ0n) is 10.9. The Morgan fingerprint density at radius 2 is 2.25 bits per heavy atom. The van der Waals surface area contributed by atoms with Crippen LogP contribution in [0.2, 0.25) is 5.02 Å². The molecule has 1 heterocycles. The number of aliphatic carboxylic acids is 1. The van der Waals surface area contributed by atoms with E-state index in [1.54, 1.807) is 30.1 Å². The van der Waals surface area contributed by atoms with Crippen molar-refractivity contribution < 1.29 is 9.90 Å². The molecule has 0 aliphatic heterocycles. The first-order chi connectivity index (χ1) is 9.45. The minimum absolute atomic E-state index is 0.0456. The largest absolute Gasteiger partial charge is 0.481 e. The number of benzene rings is 1. The number of hydrogen-bond donors (Lipinski definition) is 2. The van der Waals surface area contributed by atoms with E-state index in [-0.39, 0.29) is 12.0 Å². The van der Waals surface area contributed by atoms with Gasteiger partial charge < -0.3 is 10.1 Å². The lowest BCUT2D eigenvalue weighted by molar-refractivity contribution is -0.137. The Morgan fingerprint density at radius 1 is 1.50 bits per heavy atom. The van der Waals surface area contributed by atoms with E-state index >= 15 is 0 Å². The van der Waals surface area contributed by atoms with Crippen LogP contribution in [0.5, 0.6) is 0 Å². The number of aromatic amines is 1. The molecule has 2 N–H and O–H groups in total. The van der Waals surface area contributed by atoms with Gasteiger partial charge in [0.1, 0.15) is 5.82 Å². The summed E-state index contributed by atoms with van der Waals surface area (Å²) < 4.78 is 0. The molecule has 0 aliphatic rings. The van der Waals surface area contributed by atoms with Crippen molar-refractivity contribution in [3.8, 4) is 0 Å². The van der Waals surface area contributed by atoms with Crippen LogP contribution in [-0.4, -0.2) is 39.5 Å². The number of carbonyl (C=O) groups is 1. The summed E-state index contributed by atoms with van der Waals surface area (Å²) in [5.74, 6) is -0.357. The van der Waals surface area contributed by atoms with Crippen molar-refractivity contribution in [3.63, 3.8) is 0 Å². The maximum atomic E-state index is 11.9. The van der Waals surface area contributed by atoms with Crippen molar-refractivity contribution in [1.82, 2.24) is 14.9 Å². The topological polar surface area (TPSA) is 86.3 Å². The Morgan fingerprint density at radius 3 is 2.95 bits per heavy atom. The van der Waals surface area contributed by atoms with E-state index in [4.69, 9.17) is 16.7 Å². The fraction of sp³-hybridized carbons (Fsp3) is 0.308. The first kappa shape index (κ1) is 14.5. The summed E-state index contributed by atoms with van der Waals surface area (Å²) in [6.45, 7) is 0.763. The van der Waals surface area contributed by atoms with E-state index in [1.807, 2.05) is 0 Å². The molecule has 1 aromatic carbocycles. The molecule has 0 saturated heterocycles. The van der Waals surface area contributed by atoms with Crippen molar-refractivity contribution in [1.29, 1.82) is 0 Å². The number of halogens is 1. The van der Waals surface area contributed by atoms with Crippen LogP contribution in [0.15, 0.2) is 23.0 Å². The minimum atomic E-state index is -0.855. The highest BCUT2D eigenvalue weighted by Gasteiger charge is 2.08. The Labute approximate surface area is 120 Å². The van der Waals surface area contributed by atoms with Crippen LogP contribution in [0.1, 0.15) is 12.2 Å². The SMILES string of the molecule is CN(CCC(=O)O)Cc1nc2ccc(Cl)cc2c(=O)[nH]1. The van der Waals surface area contributed by atoms with Crippen LogP contribution in [0, 0.1) is 0 Å². The molecule has 0 aliphatic carbocycles. The highest BCUT2D eigenvalue weighted by atomic mass is 35.5. The third-order valence-electron chi connectivity index (χ3n) is 2.84. The van der Waals surface area contributed by atoms with Crippen LogP contribution in [0.3, 0.4) is 0 Å². The quantitative estimate of drug-likeness (QED) is 0.872. The van der Waals surface area contributed by atoms with Crippen LogP contribution >= 0.6 is 11.6 Å². The highest BCUT2D eigenvalue weighted by molar-refractivity contribution is 6.31. The lowest BCUT2D eigenvalue weighted by Crippen LogP contribution is -2.24. The second-order valence-corrected chi connectivity index (χ2v) is 4.99. The third kappa shape index (κ3) is 3.55. The van der Waals surface area contributed by atoms with Gasteiger partial charge >= 0.3 is 5.97 Å². The second-order valence-electron chi connectivity index (χ2n) is 4.56. The average molecular weight is 296 g/mol. The van der Waals surface area contributed by atoms with Crippen molar-refractivity contribution in [2.45, 2.75) is 13.0 Å². The lowest BCUT2D eigenvalue weighted by Gasteiger charge is -2.14. The number of fused-ring (bicyclic) bond motifs is 1. The molecule has 0 fully saturated rings. The van der Waals surface area contributed by atoms with Gasteiger partial charge in [0.15, 0.2) is 0 Å². The van der Waals surface area contributed by atoms with Gasteiger partial charge in [-0.15, -0.1) is 0 Å². The van der Waals surface area contributed by atoms with E-state index in [1.165, 1.54) is 0 Å². The first-order valence-electron chi connectivity index (χ1n) is 6.04. The Balaban J connectivity index is 2.21. The highest BCUT2D eigenvalue weighted by Crippen LogP contribution is 2.14. The van der Waals surface area contributed by atoms with Crippen LogP contribution < -0.4 is 5.56 Å². The average Bonchev–Trinajstić information content (AvgIpc) is 2.37. The van der Waals surface area contributed by atoms with Crippen molar-refractivity contribution in [2.24, 2.45) is 0 Å². The zero-order valence-corrected chi connectivity index (χ0v) is 11.6. The van der Waals surface area contributed by atoms with Gasteiger partial charge in [-0.1, -0.05) is 11.6 Å². The summed E-state index contributed by atoms with van der Waals surface area (Å²) in [6, 6.07) is 4.93. The van der Waals surface area contributed by atoms with Gasteiger partial charge in [-0.3, -0.25) is 14.5 Å². The molecule has 0 saturated carbocycles. The summed E-state index contributed by atoms with van der Waals surface area (Å²) in [4.78, 5) is 31.2. The van der Waals surface area contributed by atoms with Gasteiger partial charge in [-0.2, -0.15) is 0 Å². The molecule has 2 rings (SSSR count). The fourth-order valence-electron chi connectivity index (χ4n) is 1.86. The van der Waals surface area contributed by atoms with Crippen LogP contribution in [0.4, 0.5) is 0 Å². The molecule has 0 atom stereocenters. The number of carboxylic acids is 1. The van der Waals surface area contributed by atoms with Crippen molar-refractivity contribution in [2.75, 3.05) is 13.6 Å². The maximum Gasteiger partial charge on any atom is 0.304 e. The number of nitrogens with zero attached hydrogens (tertiary/aromatic N) is 2. The Hall–Kier alpha value is -1.92. The van der Waals surface area contributed by atoms with Gasteiger partial charge in [0, 0.05) is 11.6 Å². The minimum Gasteiger partial charge on any atom is -0.481 e. The third-order valence-corrected chi connectivity index (χ3v) is 3.08. The van der Waals surface area contributed by atoms with E-state index in [0.717, 1.165) is 0 Å². The van der Waals surface area contributed by atoms with Gasteiger partial charge in [-0.05, 0) is 25.2 Å². The number of aromatic nitrogens is 2. The van der Waals surface area contributed by atoms with Crippen molar-refractivity contribution >= 4 is 28.5 Å². The standard InChI is InChI=1S/C13H14ClN3O3/c1-17(5-4-12(18)19)7-11-15-10-3-2-8(14)6-9(10)13(20)16-11/h2-3,6H,4-5,7H2,1H3,(H,18,19)(H,15,16,20). The number of nitrogens with one attached hydrogen (secondary N) is 1. The summed E-state index contributed by atoms with van der Waals surface area (Å²) in [5, 5.41) is 9.55. The van der Waals surface area contributed by atoms with E-state index in [2.05, 4.69) is 9.97 Å². The molecule has 20 heavy (non-hydrogen) atoms. The smallest absolute Gasteiger partial charge is 0.304 e. The molecular formula is C13H14ClN3O3. The van der Waals surface area contributed by atoms with E-state index in [0.29, 0.717) is 34.8 Å². The van der Waals surface area contributed by atoms with Gasteiger partial charge in [0.2, 0.25) is 0 Å². The monoisotopic (exact) mass is 295 g/mol. The molecule has 2 aromatic rings. The first-order valence-corrected chi connectivity index (χ1v) is 6.42. The van der Waals surface area contributed by atoms with E-state index in [9.17, 15) is 9.59 Å². The summed E-state index contributed by atoms with van der Waals surface area (Å²) in [6.07, 6.45) is 0.0456. The summed E-state index contributed by atoms with van der Waals surface area (Å²) in [7, 11) is 1.77. The normalized spacial score (nSPS) is 11.2. The van der Waals surface area contributed by atoms with Gasteiger partial charge in [0.05, 0.1) is 23.9 Å². The predicted molar refractivity (Wildman–Crippen MR) is 76.0 cm³/mol. The lowest BCUT2D eigenvalue weighted by atomic mass is 10.2. The Bertz CT molecular complexity index is 699. The van der Waals surface area contributed by atoms with Gasteiger partial charge in [0.25, 0.3) is 5.56 Å². The van der Waals surface area contributed by atoms with Crippen molar-refractivity contribution in [3.05, 3.63) is 39.4 Å². The maximum absolute atomic E-state index is 11.9. The molecule has 0 unspecified atom stereocenters. The molecule has 106 valence electrons. The molecule has 7 heteroatoms. The molecular weight excluding hydrogens is 282 g/mol. The molecule has 0 amide bonds. The summed E-state index contributed by atoms with van der Waals surface area (Å²) in [5.41, 5.74) is 0.318. The number of carboxylic acid groups (broad SMARTS) is 1. The molecule has 0 bridgehead atoms. The summed E-state index contributed by atoms with van der Waals surface area (Å²) >= 11 is 5.84. The number of hydrogen-bond acceptors (Lipinski definition) is 4. The molecule has 0 spiro atoms. The number of H-pyrrole nitrogens is 1. The predicted octanol–water partition coefficient (Wildman–Crippen LogP) is 1.48. The molecule has 6 nitrogen and oxygen atoms in total. The van der Waals surface area contributed by atoms with E-state index < -0.39 is 5.97 Å². The van der Waals surface area contributed by atoms with Crippen LogP contribution in [-0.2, 0) is 11.3 Å². The zero-order chi connectivity index (χ0) is 14.7. The van der Waals surface area contributed by atoms with Crippen LogP contribution in [0.25, 0.3) is 10.9 Å². The molecule has 0 radical (unpaired) electrons. The fourth-order valence-corrected chi connectivity index (χ4v) is 2.03. The van der Waals surface area contributed by atoms with Gasteiger partial charge in [-0.25, -0.2) is 4.98 Å². The Kier molecular flexibility index (Phi) is 4.36.